The summed E-state index contributed by atoms with van der Waals surface area (Å²) in [6, 6.07) is 16.5. The summed E-state index contributed by atoms with van der Waals surface area (Å²) in [5.41, 5.74) is 5.69. The van der Waals surface area contributed by atoms with E-state index in [0.717, 1.165) is 31.0 Å². The number of rotatable bonds is 10. The highest BCUT2D eigenvalue weighted by Gasteiger charge is 2.29. The molecule has 0 aliphatic heterocycles. The molecule has 0 unspecified atom stereocenters. The molecular weight excluding hydrogens is 569 g/mol. The Kier molecular flexibility index (Phi) is 8.73. The Morgan fingerprint density at radius 3 is 2.52 bits per heavy atom. The maximum atomic E-state index is 15.8. The van der Waals surface area contributed by atoms with Gasteiger partial charge in [-0.15, -0.1) is 0 Å². The van der Waals surface area contributed by atoms with Crippen molar-refractivity contribution in [2.75, 3.05) is 19.4 Å². The summed E-state index contributed by atoms with van der Waals surface area (Å²) < 4.78 is 50.2. The maximum Gasteiger partial charge on any atom is 0.251 e. The normalized spacial score (nSPS) is 14.1. The molecule has 0 radical (unpaired) electrons. The van der Waals surface area contributed by atoms with Crippen LogP contribution in [0.2, 0.25) is 0 Å². The first-order valence-corrected chi connectivity index (χ1v) is 14.2. The monoisotopic (exact) mass is 602 g/mol. The topological polar surface area (TPSA) is 110 Å². The minimum atomic E-state index is -1.69. The number of nitrogens with one attached hydrogen (secondary N) is 1. The number of nitrogens with two attached hydrogens (primary N) is 1. The van der Waals surface area contributed by atoms with Crippen LogP contribution >= 0.6 is 0 Å². The zero-order chi connectivity index (χ0) is 31.6. The predicted octanol–water partition coefficient (Wildman–Crippen LogP) is 6.13. The quantitative estimate of drug-likeness (QED) is 0.150. The molecule has 10 heteroatoms. The number of nitrogens with zero attached hydrogens (tertiary/aromatic N) is 2. The van der Waals surface area contributed by atoms with Crippen molar-refractivity contribution in [2.45, 2.75) is 44.2 Å². The molecule has 1 fully saturated rings. The Morgan fingerprint density at radius 1 is 1.14 bits per heavy atom. The predicted molar refractivity (Wildman–Crippen MR) is 163 cm³/mol. The van der Waals surface area contributed by atoms with Crippen molar-refractivity contribution in [3.8, 4) is 17.0 Å². The Labute approximate surface area is 253 Å². The number of aromatic nitrogens is 1. The SMILES string of the molecule is COc1cc(C(=O)NC[C@@H](c2ccccc2)c2cc(C(C)(C)O)c(F)c(-c3cc(F)ccc3F)n2)cc(C=NC2CC2)c1N. The number of ether oxygens (including phenoxy) is 1. The molecule has 1 heterocycles. The van der Waals surface area contributed by atoms with Gasteiger partial charge in [0.2, 0.25) is 0 Å². The first kappa shape index (κ1) is 30.7. The van der Waals surface area contributed by atoms with E-state index in [1.807, 2.05) is 18.2 Å². The zero-order valence-electron chi connectivity index (χ0n) is 24.6. The summed E-state index contributed by atoms with van der Waals surface area (Å²) in [6.45, 7) is 2.77. The molecule has 1 aliphatic carbocycles. The molecule has 4 aromatic rings. The lowest BCUT2D eigenvalue weighted by atomic mass is 9.89. The van der Waals surface area contributed by atoms with E-state index in [1.54, 1.807) is 24.4 Å². The van der Waals surface area contributed by atoms with Crippen LogP contribution in [-0.4, -0.2) is 41.9 Å². The van der Waals surface area contributed by atoms with E-state index in [1.165, 1.54) is 33.1 Å². The number of benzene rings is 3. The van der Waals surface area contributed by atoms with Crippen molar-refractivity contribution < 1.29 is 27.8 Å². The first-order chi connectivity index (χ1) is 21.0. The van der Waals surface area contributed by atoms with Crippen LogP contribution in [0.3, 0.4) is 0 Å². The fourth-order valence-electron chi connectivity index (χ4n) is 4.87. The van der Waals surface area contributed by atoms with Gasteiger partial charge in [0.1, 0.15) is 23.1 Å². The van der Waals surface area contributed by atoms with Crippen molar-refractivity contribution in [3.63, 3.8) is 0 Å². The van der Waals surface area contributed by atoms with E-state index in [-0.39, 0.29) is 35.0 Å². The molecular formula is C34H33F3N4O3. The van der Waals surface area contributed by atoms with Gasteiger partial charge in [-0.25, -0.2) is 18.2 Å². The van der Waals surface area contributed by atoms with Crippen LogP contribution < -0.4 is 15.8 Å². The second-order valence-corrected chi connectivity index (χ2v) is 11.3. The van der Waals surface area contributed by atoms with Crippen molar-refractivity contribution in [3.05, 3.63) is 112 Å². The molecule has 4 N–H and O–H groups in total. The molecule has 5 rings (SSSR count). The zero-order valence-corrected chi connectivity index (χ0v) is 24.6. The fourth-order valence-corrected chi connectivity index (χ4v) is 4.87. The molecule has 0 saturated heterocycles. The smallest absolute Gasteiger partial charge is 0.251 e. The van der Waals surface area contributed by atoms with Crippen LogP contribution in [0, 0.1) is 17.5 Å². The third-order valence-electron chi connectivity index (χ3n) is 7.47. The van der Waals surface area contributed by atoms with Gasteiger partial charge in [-0.05, 0) is 68.7 Å². The molecule has 1 aliphatic rings. The number of nitrogen functional groups attached to an aromatic ring is 1. The van der Waals surface area contributed by atoms with Gasteiger partial charge in [0.15, 0.2) is 5.82 Å². The number of aliphatic imine (C=N–C) groups is 1. The Bertz CT molecular complexity index is 1720. The number of pyridine rings is 1. The van der Waals surface area contributed by atoms with Crippen LogP contribution in [0.4, 0.5) is 18.9 Å². The van der Waals surface area contributed by atoms with E-state index in [0.29, 0.717) is 22.6 Å². The van der Waals surface area contributed by atoms with Crippen LogP contribution in [0.25, 0.3) is 11.3 Å². The third kappa shape index (κ3) is 6.75. The second kappa shape index (κ2) is 12.5. The fraction of sp³-hybridized carbons (Fsp3) is 0.265. The van der Waals surface area contributed by atoms with Gasteiger partial charge in [0.05, 0.1) is 30.1 Å². The second-order valence-electron chi connectivity index (χ2n) is 11.3. The average molecular weight is 603 g/mol. The molecule has 1 atom stereocenters. The number of carbonyl (C=O) groups is 1. The molecule has 0 spiro atoms. The molecule has 7 nitrogen and oxygen atoms in total. The highest BCUT2D eigenvalue weighted by atomic mass is 19.1. The van der Waals surface area contributed by atoms with Gasteiger partial charge >= 0.3 is 0 Å². The Morgan fingerprint density at radius 2 is 1.86 bits per heavy atom. The Hall–Kier alpha value is -4.70. The lowest BCUT2D eigenvalue weighted by Gasteiger charge is -2.25. The number of anilines is 1. The minimum Gasteiger partial charge on any atom is -0.495 e. The van der Waals surface area contributed by atoms with Gasteiger partial charge in [-0.1, -0.05) is 30.3 Å². The molecule has 1 amide bonds. The number of hydrogen-bond acceptors (Lipinski definition) is 6. The van der Waals surface area contributed by atoms with E-state index >= 15 is 4.39 Å². The van der Waals surface area contributed by atoms with E-state index in [9.17, 15) is 18.7 Å². The standard InChI is InChI=1S/C34H33F3N4O3/c1-34(2,43)26-16-28(41-32(30(26)37)24-15-22(35)9-12-27(24)36)25(19-7-5-4-6-8-19)18-40-33(42)20-13-21(17-39-23-10-11-23)31(38)29(14-20)44-3/h4-9,12-17,23,25,43H,10-11,18,38H2,1-3H3,(H,40,42)/t25-/m0/s1. The summed E-state index contributed by atoms with van der Waals surface area (Å²) in [5.74, 6) is -3.40. The van der Waals surface area contributed by atoms with Gasteiger partial charge in [-0.2, -0.15) is 0 Å². The van der Waals surface area contributed by atoms with Crippen molar-refractivity contribution >= 4 is 17.8 Å². The van der Waals surface area contributed by atoms with Gasteiger partial charge in [-0.3, -0.25) is 9.79 Å². The number of carbonyl (C=O) groups excluding carboxylic acids is 1. The largest absolute Gasteiger partial charge is 0.495 e. The van der Waals surface area contributed by atoms with Crippen LogP contribution in [-0.2, 0) is 5.60 Å². The highest BCUT2D eigenvalue weighted by Crippen LogP contribution is 2.35. The average Bonchev–Trinajstić information content (AvgIpc) is 3.83. The molecule has 1 saturated carbocycles. The summed E-state index contributed by atoms with van der Waals surface area (Å²) in [5, 5.41) is 13.8. The van der Waals surface area contributed by atoms with E-state index in [4.69, 9.17) is 10.5 Å². The van der Waals surface area contributed by atoms with Gasteiger partial charge in [0, 0.05) is 40.9 Å². The number of methoxy groups -OCH3 is 1. The molecule has 228 valence electrons. The maximum absolute atomic E-state index is 15.8. The minimum absolute atomic E-state index is 0.00393. The van der Waals surface area contributed by atoms with Crippen molar-refractivity contribution in [1.82, 2.24) is 10.3 Å². The van der Waals surface area contributed by atoms with E-state index < -0.39 is 40.6 Å². The number of aliphatic hydroxyl groups is 1. The highest BCUT2D eigenvalue weighted by molar-refractivity contribution is 5.99. The number of hydrogen-bond donors (Lipinski definition) is 3. The first-order valence-electron chi connectivity index (χ1n) is 14.2. The molecule has 3 aromatic carbocycles. The lowest BCUT2D eigenvalue weighted by molar-refractivity contribution is 0.0743. The lowest BCUT2D eigenvalue weighted by Crippen LogP contribution is -2.30. The summed E-state index contributed by atoms with van der Waals surface area (Å²) in [7, 11) is 1.46. The molecule has 44 heavy (non-hydrogen) atoms. The summed E-state index contributed by atoms with van der Waals surface area (Å²) in [6.07, 6.45) is 3.66. The van der Waals surface area contributed by atoms with E-state index in [2.05, 4.69) is 15.3 Å². The van der Waals surface area contributed by atoms with Crippen LogP contribution in [0.5, 0.6) is 5.75 Å². The Balaban J connectivity index is 1.55. The molecule has 0 bridgehead atoms. The van der Waals surface area contributed by atoms with Gasteiger partial charge < -0.3 is 20.9 Å². The summed E-state index contributed by atoms with van der Waals surface area (Å²) in [4.78, 5) is 22.4. The summed E-state index contributed by atoms with van der Waals surface area (Å²) >= 11 is 0. The van der Waals surface area contributed by atoms with Crippen molar-refractivity contribution in [2.24, 2.45) is 4.99 Å². The number of amides is 1. The molecule has 1 aromatic heterocycles. The third-order valence-corrected chi connectivity index (χ3v) is 7.47. The van der Waals surface area contributed by atoms with Crippen LogP contribution in [0.15, 0.2) is 71.7 Å². The van der Waals surface area contributed by atoms with Crippen LogP contribution in [0.1, 0.15) is 65.3 Å². The van der Waals surface area contributed by atoms with Gasteiger partial charge in [0.25, 0.3) is 5.91 Å². The number of halogens is 3. The van der Waals surface area contributed by atoms with Crippen molar-refractivity contribution in [1.29, 1.82) is 0 Å².